The normalized spacial score (nSPS) is 10.6. The third kappa shape index (κ3) is 4.43. The third-order valence-electron chi connectivity index (χ3n) is 4.22. The lowest BCUT2D eigenvalue weighted by Gasteiger charge is -2.08. The van der Waals surface area contributed by atoms with Crippen molar-refractivity contribution in [3.05, 3.63) is 52.9 Å². The minimum atomic E-state index is -0.156. The highest BCUT2D eigenvalue weighted by Gasteiger charge is 2.14. The van der Waals surface area contributed by atoms with E-state index in [1.807, 2.05) is 13.0 Å². The van der Waals surface area contributed by atoms with Crippen LogP contribution in [0.2, 0.25) is 5.02 Å². The van der Waals surface area contributed by atoms with Crippen LogP contribution in [0.15, 0.2) is 40.9 Å². The van der Waals surface area contributed by atoms with Crippen LogP contribution in [-0.2, 0) is 11.2 Å². The molecule has 1 heterocycles. The summed E-state index contributed by atoms with van der Waals surface area (Å²) in [5, 5.41) is 7.42. The zero-order valence-electron chi connectivity index (χ0n) is 15.8. The molecule has 146 valence electrons. The Morgan fingerprint density at radius 2 is 1.96 bits per heavy atom. The molecule has 3 aromatic rings. The lowest BCUT2D eigenvalue weighted by atomic mass is 10.2. The number of hydrogen-bond acceptors (Lipinski definition) is 6. The number of ether oxygens (including phenoxy) is 2. The first kappa shape index (κ1) is 19.7. The molecule has 0 radical (unpaired) electrons. The monoisotopic (exact) mass is 401 g/mol. The molecule has 0 aliphatic rings. The predicted octanol–water partition coefficient (Wildman–Crippen LogP) is 4.29. The van der Waals surface area contributed by atoms with Crippen molar-refractivity contribution in [1.29, 1.82) is 0 Å². The topological polar surface area (TPSA) is 86.5 Å². The van der Waals surface area contributed by atoms with Gasteiger partial charge in [-0.1, -0.05) is 22.8 Å². The predicted molar refractivity (Wildman–Crippen MR) is 106 cm³/mol. The average Bonchev–Trinajstić information content (AvgIpc) is 3.18. The highest BCUT2D eigenvalue weighted by Crippen LogP contribution is 2.31. The number of anilines is 1. The van der Waals surface area contributed by atoms with Crippen LogP contribution in [0.3, 0.4) is 0 Å². The number of carbonyl (C=O) groups is 1. The smallest absolute Gasteiger partial charge is 0.227 e. The molecule has 1 amide bonds. The number of halogens is 1. The van der Waals surface area contributed by atoms with Gasteiger partial charge in [-0.15, -0.1) is 0 Å². The van der Waals surface area contributed by atoms with Gasteiger partial charge in [-0.2, -0.15) is 4.98 Å². The van der Waals surface area contributed by atoms with Crippen LogP contribution in [-0.4, -0.2) is 30.3 Å². The summed E-state index contributed by atoms with van der Waals surface area (Å²) in [7, 11) is 3.13. The highest BCUT2D eigenvalue weighted by atomic mass is 35.5. The Kier molecular flexibility index (Phi) is 6.16. The van der Waals surface area contributed by atoms with Crippen molar-refractivity contribution in [2.45, 2.75) is 19.8 Å². The molecule has 1 N–H and O–H groups in total. The van der Waals surface area contributed by atoms with E-state index in [9.17, 15) is 4.79 Å². The van der Waals surface area contributed by atoms with Crippen LogP contribution in [0.1, 0.15) is 17.9 Å². The standard InChI is InChI=1S/C20H20ClN3O4/c1-12-14(21)5-4-6-15(12)22-18(25)9-10-19-23-20(24-28-19)13-7-8-16(26-2)17(11-13)27-3/h4-8,11H,9-10H2,1-3H3,(H,22,25). The van der Waals surface area contributed by atoms with Gasteiger partial charge >= 0.3 is 0 Å². The number of benzene rings is 2. The molecular weight excluding hydrogens is 382 g/mol. The van der Waals surface area contributed by atoms with Crippen LogP contribution in [0.5, 0.6) is 11.5 Å². The van der Waals surface area contributed by atoms with Gasteiger partial charge in [-0.05, 0) is 42.8 Å². The van der Waals surface area contributed by atoms with E-state index in [1.165, 1.54) is 0 Å². The van der Waals surface area contributed by atoms with E-state index in [1.54, 1.807) is 44.6 Å². The second-order valence-corrected chi connectivity index (χ2v) is 6.45. The van der Waals surface area contributed by atoms with Gasteiger partial charge < -0.3 is 19.3 Å². The van der Waals surface area contributed by atoms with Crippen LogP contribution in [0.25, 0.3) is 11.4 Å². The van der Waals surface area contributed by atoms with Gasteiger partial charge in [0.15, 0.2) is 11.5 Å². The molecule has 0 spiro atoms. The Hall–Kier alpha value is -3.06. The zero-order valence-corrected chi connectivity index (χ0v) is 16.5. The molecule has 7 nitrogen and oxygen atoms in total. The van der Waals surface area contributed by atoms with Crippen molar-refractivity contribution in [3.8, 4) is 22.9 Å². The molecule has 28 heavy (non-hydrogen) atoms. The first-order valence-corrected chi connectivity index (χ1v) is 8.99. The SMILES string of the molecule is COc1ccc(-c2noc(CCC(=O)Nc3cccc(Cl)c3C)n2)cc1OC. The van der Waals surface area contributed by atoms with Crippen molar-refractivity contribution in [3.63, 3.8) is 0 Å². The summed E-state index contributed by atoms with van der Waals surface area (Å²) in [5.41, 5.74) is 2.24. The van der Waals surface area contributed by atoms with Gasteiger partial charge in [0.2, 0.25) is 17.6 Å². The number of aromatic nitrogens is 2. The quantitative estimate of drug-likeness (QED) is 0.635. The summed E-state index contributed by atoms with van der Waals surface area (Å²) < 4.78 is 15.8. The highest BCUT2D eigenvalue weighted by molar-refractivity contribution is 6.31. The summed E-state index contributed by atoms with van der Waals surface area (Å²) in [6.45, 7) is 1.85. The Bertz CT molecular complexity index is 987. The maximum absolute atomic E-state index is 12.2. The minimum absolute atomic E-state index is 0.156. The number of carbonyl (C=O) groups excluding carboxylic acids is 1. The van der Waals surface area contributed by atoms with E-state index < -0.39 is 0 Å². The Morgan fingerprint density at radius 3 is 2.71 bits per heavy atom. The molecule has 1 aromatic heterocycles. The molecule has 0 saturated heterocycles. The van der Waals surface area contributed by atoms with Gasteiger partial charge in [0.1, 0.15) is 0 Å². The summed E-state index contributed by atoms with van der Waals surface area (Å²) in [6.07, 6.45) is 0.533. The number of hydrogen-bond donors (Lipinski definition) is 1. The number of aryl methyl sites for hydroxylation is 1. The summed E-state index contributed by atoms with van der Waals surface area (Å²) >= 11 is 6.07. The van der Waals surface area contributed by atoms with Gasteiger partial charge in [0, 0.05) is 29.1 Å². The first-order chi connectivity index (χ1) is 13.5. The molecule has 0 atom stereocenters. The fourth-order valence-electron chi connectivity index (χ4n) is 2.63. The Morgan fingerprint density at radius 1 is 1.18 bits per heavy atom. The largest absolute Gasteiger partial charge is 0.493 e. The molecular formula is C20H20ClN3O4. The number of amides is 1. The van der Waals surface area contributed by atoms with Crippen LogP contribution >= 0.6 is 11.6 Å². The molecule has 2 aromatic carbocycles. The summed E-state index contributed by atoms with van der Waals surface area (Å²) in [5.74, 6) is 1.83. The van der Waals surface area contributed by atoms with Crippen molar-refractivity contribution in [2.75, 3.05) is 19.5 Å². The third-order valence-corrected chi connectivity index (χ3v) is 4.63. The van der Waals surface area contributed by atoms with E-state index >= 15 is 0 Å². The molecule has 0 aliphatic heterocycles. The van der Waals surface area contributed by atoms with Crippen molar-refractivity contribution in [1.82, 2.24) is 10.1 Å². The molecule has 0 unspecified atom stereocenters. The number of methoxy groups -OCH3 is 2. The minimum Gasteiger partial charge on any atom is -0.493 e. The van der Waals surface area contributed by atoms with Crippen LogP contribution in [0, 0.1) is 6.92 Å². The molecule has 8 heteroatoms. The molecule has 3 rings (SSSR count). The van der Waals surface area contributed by atoms with Crippen molar-refractivity contribution < 1.29 is 18.8 Å². The van der Waals surface area contributed by atoms with Crippen LogP contribution < -0.4 is 14.8 Å². The van der Waals surface area contributed by atoms with Crippen molar-refractivity contribution >= 4 is 23.2 Å². The van der Waals surface area contributed by atoms with E-state index in [0.717, 1.165) is 11.1 Å². The van der Waals surface area contributed by atoms with Crippen LogP contribution in [0.4, 0.5) is 5.69 Å². The fraction of sp³-hybridized carbons (Fsp3) is 0.250. The van der Waals surface area contributed by atoms with E-state index in [2.05, 4.69) is 15.5 Å². The van der Waals surface area contributed by atoms with Gasteiger partial charge in [0.25, 0.3) is 0 Å². The lowest BCUT2D eigenvalue weighted by molar-refractivity contribution is -0.116. The zero-order chi connectivity index (χ0) is 20.1. The summed E-state index contributed by atoms with van der Waals surface area (Å²) in [4.78, 5) is 16.6. The second-order valence-electron chi connectivity index (χ2n) is 6.04. The van der Waals surface area contributed by atoms with Gasteiger partial charge in [0.05, 0.1) is 14.2 Å². The molecule has 0 bridgehead atoms. The maximum Gasteiger partial charge on any atom is 0.227 e. The first-order valence-electron chi connectivity index (χ1n) is 8.61. The Labute approximate surface area is 167 Å². The van der Waals surface area contributed by atoms with Gasteiger partial charge in [-0.25, -0.2) is 0 Å². The number of rotatable bonds is 7. The van der Waals surface area contributed by atoms with Gasteiger partial charge in [-0.3, -0.25) is 4.79 Å². The van der Waals surface area contributed by atoms with E-state index in [-0.39, 0.29) is 12.3 Å². The lowest BCUT2D eigenvalue weighted by Crippen LogP contribution is -2.13. The van der Waals surface area contributed by atoms with E-state index in [4.69, 9.17) is 25.6 Å². The summed E-state index contributed by atoms with van der Waals surface area (Å²) in [6, 6.07) is 10.7. The fourth-order valence-corrected chi connectivity index (χ4v) is 2.80. The average molecular weight is 402 g/mol. The molecule has 0 aliphatic carbocycles. The van der Waals surface area contributed by atoms with Crippen molar-refractivity contribution in [2.24, 2.45) is 0 Å². The Balaban J connectivity index is 1.63. The number of nitrogens with one attached hydrogen (secondary N) is 1. The maximum atomic E-state index is 12.2. The van der Waals surface area contributed by atoms with E-state index in [0.29, 0.717) is 40.3 Å². The second kappa shape index (κ2) is 8.75. The number of nitrogens with zero attached hydrogens (tertiary/aromatic N) is 2. The molecule has 0 fully saturated rings. The molecule has 0 saturated carbocycles.